The quantitative estimate of drug-likeness (QED) is 0.784. The highest BCUT2D eigenvalue weighted by Gasteiger charge is 2.11. The van der Waals surface area contributed by atoms with Gasteiger partial charge in [0.15, 0.2) is 0 Å². The molecule has 3 rings (SSSR count). The van der Waals surface area contributed by atoms with Crippen LogP contribution >= 0.6 is 0 Å². The van der Waals surface area contributed by atoms with Crippen LogP contribution in [0.4, 0.5) is 0 Å². The summed E-state index contributed by atoms with van der Waals surface area (Å²) in [5.41, 5.74) is 10.1. The van der Waals surface area contributed by atoms with Gasteiger partial charge in [-0.1, -0.05) is 55.1 Å². The van der Waals surface area contributed by atoms with Gasteiger partial charge in [-0.05, 0) is 18.2 Å². The molecular formula is C17H15N3. The highest BCUT2D eigenvalue weighted by atomic mass is 15.3. The van der Waals surface area contributed by atoms with Gasteiger partial charge < -0.3 is 5.73 Å². The number of benzene rings is 2. The van der Waals surface area contributed by atoms with E-state index in [2.05, 4.69) is 11.7 Å². The number of nitrogens with two attached hydrogens (primary N) is 1. The summed E-state index contributed by atoms with van der Waals surface area (Å²) in [7, 11) is 0. The first-order valence-electron chi connectivity index (χ1n) is 6.41. The first-order valence-corrected chi connectivity index (χ1v) is 6.41. The minimum atomic E-state index is 0.503. The maximum absolute atomic E-state index is 5.89. The van der Waals surface area contributed by atoms with Crippen molar-refractivity contribution in [2.75, 3.05) is 0 Å². The van der Waals surface area contributed by atoms with E-state index in [4.69, 9.17) is 5.73 Å². The topological polar surface area (TPSA) is 43.8 Å². The molecule has 0 amide bonds. The molecule has 1 heterocycles. The van der Waals surface area contributed by atoms with Crippen LogP contribution in [0.5, 0.6) is 0 Å². The van der Waals surface area contributed by atoms with Gasteiger partial charge in [0.1, 0.15) is 0 Å². The molecule has 0 atom stereocenters. The van der Waals surface area contributed by atoms with Gasteiger partial charge in [0, 0.05) is 5.56 Å². The van der Waals surface area contributed by atoms with Crippen LogP contribution in [-0.2, 0) is 0 Å². The molecule has 20 heavy (non-hydrogen) atoms. The molecule has 1 aromatic heterocycles. The van der Waals surface area contributed by atoms with Crippen molar-refractivity contribution in [1.82, 2.24) is 9.78 Å². The number of nitrogens with zero attached hydrogens (tertiary/aromatic N) is 2. The number of hydrogen-bond acceptors (Lipinski definition) is 2. The standard InChI is InChI=1S/C17H15N3/c1-13(18)17-12-16(14-8-4-2-5-9-14)19-20(17)15-10-6-3-7-11-15/h2-12H,1,18H2. The number of rotatable bonds is 3. The molecule has 2 aromatic carbocycles. The maximum Gasteiger partial charge on any atom is 0.0934 e. The lowest BCUT2D eigenvalue weighted by Gasteiger charge is -2.06. The zero-order valence-corrected chi connectivity index (χ0v) is 11.0. The van der Waals surface area contributed by atoms with Gasteiger partial charge >= 0.3 is 0 Å². The minimum Gasteiger partial charge on any atom is -0.397 e. The maximum atomic E-state index is 5.89. The summed E-state index contributed by atoms with van der Waals surface area (Å²) in [6, 6.07) is 21.9. The first-order chi connectivity index (χ1) is 9.75. The lowest BCUT2D eigenvalue weighted by atomic mass is 10.1. The average Bonchev–Trinajstić information content (AvgIpc) is 2.94. The zero-order valence-electron chi connectivity index (χ0n) is 11.0. The molecule has 0 saturated carbocycles. The smallest absolute Gasteiger partial charge is 0.0934 e. The van der Waals surface area contributed by atoms with E-state index >= 15 is 0 Å². The predicted molar refractivity (Wildman–Crippen MR) is 82.2 cm³/mol. The number of hydrogen-bond donors (Lipinski definition) is 1. The van der Waals surface area contributed by atoms with Crippen LogP contribution in [0.15, 0.2) is 73.3 Å². The largest absolute Gasteiger partial charge is 0.397 e. The van der Waals surface area contributed by atoms with Crippen LogP contribution in [0.25, 0.3) is 22.6 Å². The monoisotopic (exact) mass is 261 g/mol. The molecule has 0 radical (unpaired) electrons. The average molecular weight is 261 g/mol. The van der Waals surface area contributed by atoms with Crippen molar-refractivity contribution in [3.8, 4) is 16.9 Å². The Balaban J connectivity index is 2.15. The van der Waals surface area contributed by atoms with E-state index in [9.17, 15) is 0 Å². The third-order valence-electron chi connectivity index (χ3n) is 3.11. The first kappa shape index (κ1) is 12.2. The van der Waals surface area contributed by atoms with E-state index in [0.29, 0.717) is 5.70 Å². The third kappa shape index (κ3) is 2.21. The van der Waals surface area contributed by atoms with Crippen molar-refractivity contribution in [3.63, 3.8) is 0 Å². The lowest BCUT2D eigenvalue weighted by Crippen LogP contribution is -2.05. The van der Waals surface area contributed by atoms with Crippen LogP contribution in [0, 0.1) is 0 Å². The highest BCUT2D eigenvalue weighted by molar-refractivity contribution is 5.67. The molecule has 3 heteroatoms. The van der Waals surface area contributed by atoms with Gasteiger partial charge in [-0.2, -0.15) is 5.10 Å². The summed E-state index contributed by atoms with van der Waals surface area (Å²) >= 11 is 0. The molecule has 98 valence electrons. The van der Waals surface area contributed by atoms with Gasteiger partial charge in [-0.3, -0.25) is 0 Å². The van der Waals surface area contributed by atoms with E-state index in [1.165, 1.54) is 0 Å². The van der Waals surface area contributed by atoms with Crippen molar-refractivity contribution in [2.24, 2.45) is 5.73 Å². The third-order valence-corrected chi connectivity index (χ3v) is 3.11. The van der Waals surface area contributed by atoms with E-state index < -0.39 is 0 Å². The van der Waals surface area contributed by atoms with Gasteiger partial charge in [0.2, 0.25) is 0 Å². The number of para-hydroxylation sites is 1. The molecule has 0 aliphatic heterocycles. The Labute approximate surface area is 118 Å². The van der Waals surface area contributed by atoms with Gasteiger partial charge in [-0.15, -0.1) is 0 Å². The van der Waals surface area contributed by atoms with Crippen LogP contribution in [0.1, 0.15) is 5.69 Å². The van der Waals surface area contributed by atoms with Crippen molar-refractivity contribution in [1.29, 1.82) is 0 Å². The molecule has 3 nitrogen and oxygen atoms in total. The molecule has 0 bridgehead atoms. The van der Waals surface area contributed by atoms with E-state index in [-0.39, 0.29) is 0 Å². The molecule has 0 unspecified atom stereocenters. The zero-order chi connectivity index (χ0) is 13.9. The van der Waals surface area contributed by atoms with Crippen molar-refractivity contribution in [3.05, 3.63) is 79.0 Å². The Hall–Kier alpha value is -2.81. The lowest BCUT2D eigenvalue weighted by molar-refractivity contribution is 0.869. The van der Waals surface area contributed by atoms with Crippen molar-refractivity contribution < 1.29 is 0 Å². The molecule has 3 aromatic rings. The molecule has 2 N–H and O–H groups in total. The molecule has 0 spiro atoms. The van der Waals surface area contributed by atoms with Crippen molar-refractivity contribution in [2.45, 2.75) is 0 Å². The summed E-state index contributed by atoms with van der Waals surface area (Å²) in [4.78, 5) is 0. The molecule has 0 aliphatic carbocycles. The molecule has 0 fully saturated rings. The second kappa shape index (κ2) is 5.05. The van der Waals surface area contributed by atoms with Gasteiger partial charge in [0.25, 0.3) is 0 Å². The molecule has 0 saturated heterocycles. The molecular weight excluding hydrogens is 246 g/mol. The van der Waals surface area contributed by atoms with Gasteiger partial charge in [-0.25, -0.2) is 4.68 Å². The summed E-state index contributed by atoms with van der Waals surface area (Å²) in [5, 5.41) is 4.65. The Morgan fingerprint density at radius 2 is 1.55 bits per heavy atom. The second-order valence-electron chi connectivity index (χ2n) is 4.55. The Kier molecular flexibility index (Phi) is 3.09. The fourth-order valence-corrected chi connectivity index (χ4v) is 2.13. The van der Waals surface area contributed by atoms with Crippen LogP contribution in [0.2, 0.25) is 0 Å². The fraction of sp³-hybridized carbons (Fsp3) is 0. The fourth-order valence-electron chi connectivity index (χ4n) is 2.13. The Morgan fingerprint density at radius 1 is 0.950 bits per heavy atom. The van der Waals surface area contributed by atoms with E-state index in [1.54, 1.807) is 0 Å². The van der Waals surface area contributed by atoms with Crippen molar-refractivity contribution >= 4 is 5.70 Å². The second-order valence-corrected chi connectivity index (χ2v) is 4.55. The Morgan fingerprint density at radius 3 is 2.15 bits per heavy atom. The normalized spacial score (nSPS) is 10.4. The summed E-state index contributed by atoms with van der Waals surface area (Å²) < 4.78 is 1.82. The highest BCUT2D eigenvalue weighted by Crippen LogP contribution is 2.23. The van der Waals surface area contributed by atoms with Crippen LogP contribution in [0.3, 0.4) is 0 Å². The van der Waals surface area contributed by atoms with E-state index in [1.807, 2.05) is 71.4 Å². The minimum absolute atomic E-state index is 0.503. The van der Waals surface area contributed by atoms with E-state index in [0.717, 1.165) is 22.6 Å². The number of aromatic nitrogens is 2. The van der Waals surface area contributed by atoms with Crippen LogP contribution in [-0.4, -0.2) is 9.78 Å². The predicted octanol–water partition coefficient (Wildman–Crippen LogP) is 3.47. The van der Waals surface area contributed by atoms with Gasteiger partial charge in [0.05, 0.1) is 22.8 Å². The summed E-state index contributed by atoms with van der Waals surface area (Å²) in [6.07, 6.45) is 0. The van der Waals surface area contributed by atoms with Crippen LogP contribution < -0.4 is 5.73 Å². The Bertz CT molecular complexity index is 727. The summed E-state index contributed by atoms with van der Waals surface area (Å²) in [6.45, 7) is 3.84. The molecule has 0 aliphatic rings. The summed E-state index contributed by atoms with van der Waals surface area (Å²) in [5.74, 6) is 0. The SMILES string of the molecule is C=C(N)c1cc(-c2ccccc2)nn1-c1ccccc1.